The number of rotatable bonds is 3. The van der Waals surface area contributed by atoms with E-state index < -0.39 is 11.7 Å². The van der Waals surface area contributed by atoms with Crippen LogP contribution in [0.25, 0.3) is 0 Å². The molecule has 0 aliphatic heterocycles. The third-order valence-corrected chi connectivity index (χ3v) is 1.16. The van der Waals surface area contributed by atoms with Gasteiger partial charge in [-0.2, -0.15) is 0 Å². The van der Waals surface area contributed by atoms with Gasteiger partial charge in [0.1, 0.15) is 6.54 Å². The van der Waals surface area contributed by atoms with Crippen molar-refractivity contribution in [3.05, 3.63) is 10.6 Å². The van der Waals surface area contributed by atoms with Crippen LogP contribution in [0.2, 0.25) is 0 Å². The number of carbonyl (C=O) groups is 1. The third kappa shape index (κ3) is 1.84. The number of nitrogens with zero attached hydrogens (tertiary/aromatic N) is 2. The number of carboxylic acids is 1. The van der Waals surface area contributed by atoms with Crippen molar-refractivity contribution in [1.29, 1.82) is 0 Å². The fraction of sp³-hybridized carbons (Fsp3) is 0.400. The van der Waals surface area contributed by atoms with Gasteiger partial charge >= 0.3 is 11.7 Å². The number of aromatic nitrogens is 2. The van der Waals surface area contributed by atoms with Crippen LogP contribution in [0, 0.1) is 0 Å². The van der Waals surface area contributed by atoms with E-state index in [-0.39, 0.29) is 12.5 Å². The van der Waals surface area contributed by atoms with Gasteiger partial charge in [0.2, 0.25) is 5.95 Å². The first-order chi connectivity index (χ1) is 5.59. The summed E-state index contributed by atoms with van der Waals surface area (Å²) in [5.41, 5.74) is 0. The van der Waals surface area contributed by atoms with Gasteiger partial charge in [-0.05, 0) is 5.16 Å². The lowest BCUT2D eigenvalue weighted by atomic mass is 10.6. The number of aromatic amines is 1. The largest absolute Gasteiger partial charge is 0.480 e. The van der Waals surface area contributed by atoms with Gasteiger partial charge in [0, 0.05) is 7.05 Å². The minimum absolute atomic E-state index is 0.0994. The highest BCUT2D eigenvalue weighted by atomic mass is 16.5. The highest BCUT2D eigenvalue weighted by Crippen LogP contribution is 1.98. The van der Waals surface area contributed by atoms with Crippen LogP contribution in [-0.2, 0) is 4.79 Å². The van der Waals surface area contributed by atoms with Crippen LogP contribution in [0.3, 0.4) is 0 Å². The normalized spacial score (nSPS) is 9.75. The number of H-pyrrole nitrogens is 1. The molecular formula is C5H7N3O4. The van der Waals surface area contributed by atoms with Crippen molar-refractivity contribution >= 4 is 11.9 Å². The lowest BCUT2D eigenvalue weighted by Gasteiger charge is -2.09. The second-order valence-electron chi connectivity index (χ2n) is 2.17. The molecule has 0 amide bonds. The molecule has 0 saturated heterocycles. The molecule has 0 aliphatic carbocycles. The molecule has 1 aromatic heterocycles. The second kappa shape index (κ2) is 3.07. The molecule has 2 N–H and O–H groups in total. The van der Waals surface area contributed by atoms with Gasteiger partial charge in [0.05, 0.1) is 0 Å². The second-order valence-corrected chi connectivity index (χ2v) is 2.17. The van der Waals surface area contributed by atoms with Gasteiger partial charge < -0.3 is 10.0 Å². The quantitative estimate of drug-likeness (QED) is 0.600. The number of carboxylic acid groups (broad SMARTS) is 1. The van der Waals surface area contributed by atoms with Gasteiger partial charge in [0.25, 0.3) is 0 Å². The Bertz CT molecular complexity index is 327. The minimum Gasteiger partial charge on any atom is -0.480 e. The Morgan fingerprint density at radius 3 is 2.92 bits per heavy atom. The number of likely N-dealkylation sites (N-methyl/N-ethyl adjacent to an activating group) is 1. The van der Waals surface area contributed by atoms with E-state index in [0.29, 0.717) is 0 Å². The van der Waals surface area contributed by atoms with Crippen molar-refractivity contribution in [1.82, 2.24) is 10.1 Å². The molecule has 7 heteroatoms. The van der Waals surface area contributed by atoms with Gasteiger partial charge in [0.15, 0.2) is 0 Å². The molecule has 0 saturated carbocycles. The first-order valence-electron chi connectivity index (χ1n) is 3.08. The number of aliphatic carboxylic acids is 1. The molecular weight excluding hydrogens is 166 g/mol. The van der Waals surface area contributed by atoms with Crippen LogP contribution in [0.5, 0.6) is 0 Å². The molecule has 66 valence electrons. The molecule has 0 bridgehead atoms. The maximum atomic E-state index is 10.4. The van der Waals surface area contributed by atoms with Crippen molar-refractivity contribution in [3.63, 3.8) is 0 Å². The predicted octanol–water partition coefficient (Wildman–Crippen LogP) is -1.12. The monoisotopic (exact) mass is 173 g/mol. The molecule has 1 rings (SSSR count). The summed E-state index contributed by atoms with van der Waals surface area (Å²) in [6.07, 6.45) is 0. The average Bonchev–Trinajstić information content (AvgIpc) is 2.34. The zero-order chi connectivity index (χ0) is 9.14. The van der Waals surface area contributed by atoms with Crippen LogP contribution in [-0.4, -0.2) is 34.8 Å². The number of hydrogen-bond acceptors (Lipinski definition) is 5. The highest BCUT2D eigenvalue weighted by molar-refractivity contribution is 5.72. The van der Waals surface area contributed by atoms with E-state index >= 15 is 0 Å². The first kappa shape index (κ1) is 8.31. The van der Waals surface area contributed by atoms with Crippen molar-refractivity contribution in [2.24, 2.45) is 0 Å². The van der Waals surface area contributed by atoms with E-state index in [1.54, 1.807) is 0 Å². The Balaban J connectivity index is 2.71. The lowest BCUT2D eigenvalue weighted by molar-refractivity contribution is -0.135. The van der Waals surface area contributed by atoms with Gasteiger partial charge in [-0.3, -0.25) is 14.3 Å². The summed E-state index contributed by atoms with van der Waals surface area (Å²) in [6, 6.07) is 0. The van der Waals surface area contributed by atoms with Crippen LogP contribution in [0.15, 0.2) is 9.32 Å². The Morgan fingerprint density at radius 2 is 2.50 bits per heavy atom. The summed E-state index contributed by atoms with van der Waals surface area (Å²) in [5.74, 6) is -1.62. The zero-order valence-corrected chi connectivity index (χ0v) is 6.27. The average molecular weight is 173 g/mol. The molecule has 1 aromatic rings. The maximum Gasteiger partial charge on any atom is 0.440 e. The molecule has 12 heavy (non-hydrogen) atoms. The van der Waals surface area contributed by atoms with E-state index in [1.165, 1.54) is 11.9 Å². The van der Waals surface area contributed by atoms with Crippen LogP contribution in [0.1, 0.15) is 0 Å². The van der Waals surface area contributed by atoms with Gasteiger partial charge in [-0.25, -0.2) is 4.79 Å². The zero-order valence-electron chi connectivity index (χ0n) is 6.27. The smallest absolute Gasteiger partial charge is 0.440 e. The number of anilines is 1. The molecule has 0 spiro atoms. The molecule has 1 heterocycles. The molecule has 0 aromatic carbocycles. The van der Waals surface area contributed by atoms with Crippen molar-refractivity contribution in [2.75, 3.05) is 18.5 Å². The summed E-state index contributed by atoms with van der Waals surface area (Å²) >= 11 is 0. The molecule has 0 fully saturated rings. The molecule has 0 unspecified atom stereocenters. The summed E-state index contributed by atoms with van der Waals surface area (Å²) in [6.45, 7) is -0.248. The van der Waals surface area contributed by atoms with E-state index in [2.05, 4.69) is 14.7 Å². The molecule has 7 nitrogen and oxygen atoms in total. The highest BCUT2D eigenvalue weighted by Gasteiger charge is 2.09. The standard InChI is InChI=1S/C5H7N3O4/c1-8(2-3(9)10)4-6-5(11)12-7-4/h2H2,1H3,(H,9,10)(H,6,7,11). The topological polar surface area (TPSA) is 99.4 Å². The van der Waals surface area contributed by atoms with Crippen LogP contribution >= 0.6 is 0 Å². The van der Waals surface area contributed by atoms with Crippen molar-refractivity contribution in [2.45, 2.75) is 0 Å². The summed E-state index contributed by atoms with van der Waals surface area (Å²) in [5, 5.41) is 11.6. The Labute approximate surface area is 66.6 Å². The SMILES string of the molecule is CN(CC(=O)O)c1noc(=O)[nH]1. The lowest BCUT2D eigenvalue weighted by Crippen LogP contribution is -2.26. The first-order valence-corrected chi connectivity index (χ1v) is 3.08. The fourth-order valence-electron chi connectivity index (χ4n) is 0.665. The van der Waals surface area contributed by atoms with Gasteiger partial charge in [-0.1, -0.05) is 0 Å². The van der Waals surface area contributed by atoms with E-state index in [0.717, 1.165) is 0 Å². The predicted molar refractivity (Wildman–Crippen MR) is 38.0 cm³/mol. The fourth-order valence-corrected chi connectivity index (χ4v) is 0.665. The number of nitrogens with one attached hydrogen (secondary N) is 1. The summed E-state index contributed by atoms with van der Waals surface area (Å²) in [7, 11) is 1.47. The Morgan fingerprint density at radius 1 is 1.83 bits per heavy atom. The van der Waals surface area contributed by atoms with Crippen molar-refractivity contribution in [3.8, 4) is 0 Å². The van der Waals surface area contributed by atoms with Gasteiger partial charge in [-0.15, -0.1) is 0 Å². The summed E-state index contributed by atoms with van der Waals surface area (Å²) in [4.78, 5) is 24.1. The maximum absolute atomic E-state index is 10.4. The minimum atomic E-state index is -1.01. The third-order valence-electron chi connectivity index (χ3n) is 1.16. The van der Waals surface area contributed by atoms with Crippen LogP contribution < -0.4 is 10.7 Å². The molecule has 0 aliphatic rings. The Kier molecular flexibility index (Phi) is 2.13. The molecule has 0 atom stereocenters. The Hall–Kier alpha value is -1.79. The van der Waals surface area contributed by atoms with E-state index in [4.69, 9.17) is 5.11 Å². The van der Waals surface area contributed by atoms with Crippen molar-refractivity contribution < 1.29 is 14.4 Å². The molecule has 0 radical (unpaired) electrons. The van der Waals surface area contributed by atoms with Crippen LogP contribution in [0.4, 0.5) is 5.95 Å². The van der Waals surface area contributed by atoms with E-state index in [9.17, 15) is 9.59 Å². The van der Waals surface area contributed by atoms with E-state index in [1.807, 2.05) is 0 Å². The summed E-state index contributed by atoms with van der Waals surface area (Å²) < 4.78 is 4.17. The number of hydrogen-bond donors (Lipinski definition) is 2.